The first-order chi connectivity index (χ1) is 28.4. The van der Waals surface area contributed by atoms with Crippen LogP contribution in [0.1, 0.15) is 45.0 Å². The standard InChI is InChI=1S/C32H10F28N4.Zn/c33-21(34,25(41,42)29(49,50)51)17-9-1-2-10(61-9)18(22(35,36)26(43,44)30(52,53)54)12-5-6-14(63-12)20(24(39,40)28(47,48)32(58,59)60)16-8-7-15(64-16)19(13-4-3-11(17)62-13)23(37,38)27(45,46)31(55,56)57;/h1-8,61-62H;/q;+2. The Hall–Kier alpha value is -4.74. The minimum absolute atomic E-state index is 0. The van der Waals surface area contributed by atoms with Crippen molar-refractivity contribution in [3.63, 3.8) is 0 Å². The van der Waals surface area contributed by atoms with Gasteiger partial charge in [0.15, 0.2) is 0 Å². The van der Waals surface area contributed by atoms with E-state index < -0.39 is 188 Å². The van der Waals surface area contributed by atoms with E-state index in [1.54, 1.807) is 0 Å². The second-order valence-corrected chi connectivity index (χ2v) is 13.1. The molecule has 33 heteroatoms. The Balaban J connectivity index is 0.00000925. The van der Waals surface area contributed by atoms with Gasteiger partial charge in [-0.3, -0.25) is 0 Å². The number of halogens is 28. The Labute approximate surface area is 350 Å². The molecule has 0 fully saturated rings. The maximum absolute atomic E-state index is 15.6. The van der Waals surface area contributed by atoms with Crippen LogP contribution in [0.2, 0.25) is 0 Å². The number of fused-ring (bicyclic) bond motifs is 8. The number of nitrogens with one attached hydrogen (secondary N) is 2. The number of rotatable bonds is 8. The summed E-state index contributed by atoms with van der Waals surface area (Å²) in [5.41, 5.74) is -31.7. The Kier molecular flexibility index (Phi) is 12.3. The van der Waals surface area contributed by atoms with Crippen LogP contribution in [-0.2, 0) is 43.2 Å². The summed E-state index contributed by atoms with van der Waals surface area (Å²) >= 11 is 0. The van der Waals surface area contributed by atoms with Crippen LogP contribution in [0.4, 0.5) is 123 Å². The molecule has 5 heterocycles. The van der Waals surface area contributed by atoms with Crippen LogP contribution in [0.15, 0.2) is 24.3 Å². The number of hydrogen-bond donors (Lipinski definition) is 2. The van der Waals surface area contributed by atoms with Crippen molar-refractivity contribution in [2.24, 2.45) is 0 Å². The molecule has 0 aromatic carbocycles. The van der Waals surface area contributed by atoms with Gasteiger partial charge in [0, 0.05) is 0 Å². The van der Waals surface area contributed by atoms with Gasteiger partial charge in [-0.2, -0.15) is 123 Å². The molecule has 0 radical (unpaired) electrons. The third kappa shape index (κ3) is 7.66. The maximum Gasteiger partial charge on any atom is 2.00 e. The van der Waals surface area contributed by atoms with Gasteiger partial charge in [0.2, 0.25) is 0 Å². The number of aromatic nitrogens is 4. The van der Waals surface area contributed by atoms with Gasteiger partial charge in [0.05, 0.1) is 67.1 Å². The molecule has 5 rings (SSSR count). The fraction of sp³-hybridized carbons (Fsp3) is 0.375. The zero-order chi connectivity index (χ0) is 49.4. The maximum atomic E-state index is 15.6. The van der Waals surface area contributed by atoms with Crippen LogP contribution >= 0.6 is 0 Å². The summed E-state index contributed by atoms with van der Waals surface area (Å²) in [6, 6.07) is -1.82. The molecule has 0 aliphatic carbocycles. The van der Waals surface area contributed by atoms with Crippen molar-refractivity contribution < 1.29 is 142 Å². The van der Waals surface area contributed by atoms with Crippen LogP contribution in [0, 0.1) is 0 Å². The van der Waals surface area contributed by atoms with E-state index in [2.05, 4.69) is 9.97 Å². The molecular weight excluding hydrogens is 1040 g/mol. The summed E-state index contributed by atoms with van der Waals surface area (Å²) in [4.78, 5) is 7.21. The van der Waals surface area contributed by atoms with E-state index in [1.165, 1.54) is 0 Å². The van der Waals surface area contributed by atoms with Gasteiger partial charge in [-0.25, -0.2) is 9.97 Å². The van der Waals surface area contributed by atoms with Gasteiger partial charge in [-0.15, -0.1) is 0 Å². The summed E-state index contributed by atoms with van der Waals surface area (Å²) in [6.45, 7) is 0. The molecule has 0 amide bonds. The quantitative estimate of drug-likeness (QED) is 0.120. The fourth-order valence-electron chi connectivity index (χ4n) is 5.87. The molecule has 0 atom stereocenters. The molecule has 8 bridgehead atoms. The Bertz CT molecular complexity index is 2450. The van der Waals surface area contributed by atoms with Gasteiger partial charge in [0.25, 0.3) is 0 Å². The second-order valence-electron chi connectivity index (χ2n) is 13.1. The van der Waals surface area contributed by atoms with E-state index in [4.69, 9.17) is 0 Å². The van der Waals surface area contributed by atoms with Crippen LogP contribution in [0.25, 0.3) is 46.4 Å². The fourth-order valence-corrected chi connectivity index (χ4v) is 5.87. The average Bonchev–Trinajstić information content (AvgIpc) is 3.93. The van der Waals surface area contributed by atoms with Crippen LogP contribution < -0.4 is 0 Å². The van der Waals surface area contributed by atoms with Crippen molar-refractivity contribution in [1.29, 1.82) is 0 Å². The molecule has 354 valence electrons. The summed E-state index contributed by atoms with van der Waals surface area (Å²) in [6.07, 6.45) is -31.9. The first-order valence-corrected chi connectivity index (χ1v) is 15.8. The molecule has 2 N–H and O–H groups in total. The van der Waals surface area contributed by atoms with E-state index in [9.17, 15) is 87.8 Å². The second kappa shape index (κ2) is 15.1. The minimum atomic E-state index is -7.52. The zero-order valence-corrected chi connectivity index (χ0v) is 32.8. The monoisotopic (exact) mass is 1050 g/mol. The zero-order valence-electron chi connectivity index (χ0n) is 29.8. The third-order valence-electron chi connectivity index (χ3n) is 9.01. The van der Waals surface area contributed by atoms with Gasteiger partial charge >= 0.3 is 91.6 Å². The number of hydrogen-bond acceptors (Lipinski definition) is 2. The molecule has 2 aliphatic heterocycles. The summed E-state index contributed by atoms with van der Waals surface area (Å²) < 4.78 is 402. The molecule has 2 aliphatic rings. The molecule has 0 saturated heterocycles. The van der Waals surface area contributed by atoms with Crippen molar-refractivity contribution in [2.75, 3.05) is 0 Å². The number of H-pyrrole nitrogens is 2. The van der Waals surface area contributed by atoms with E-state index >= 15 is 35.1 Å². The van der Waals surface area contributed by atoms with Crippen LogP contribution in [0.5, 0.6) is 0 Å². The summed E-state index contributed by atoms with van der Waals surface area (Å²) in [5, 5.41) is 0. The molecule has 65 heavy (non-hydrogen) atoms. The van der Waals surface area contributed by atoms with E-state index in [0.29, 0.717) is 0 Å². The van der Waals surface area contributed by atoms with Crippen molar-refractivity contribution in [2.45, 2.75) is 72.1 Å². The number of aromatic amines is 2. The SMILES string of the molecule is FC(F)(F)C(F)(F)C(F)(F)c1c2nc(c(C(F)(F)C(F)(F)C(F)(F)F)c3ccc([nH]3)c(C(F)(F)C(F)(F)C(F)(F)F)c3ccc([nH]3)c(C(F)(F)C(F)(F)C(F)(F)F)c3nc1C=C3)C=C2.[Zn+2]. The number of nitrogens with zero attached hydrogens (tertiary/aromatic N) is 2. The molecule has 4 nitrogen and oxygen atoms in total. The summed E-state index contributed by atoms with van der Waals surface area (Å²) in [5.74, 6) is -58.2. The third-order valence-corrected chi connectivity index (χ3v) is 9.01. The molecule has 3 aromatic heterocycles. The van der Waals surface area contributed by atoms with Gasteiger partial charge in [-0.05, 0) is 48.6 Å². The van der Waals surface area contributed by atoms with E-state index in [0.717, 1.165) is 9.97 Å². The average molecular weight is 1050 g/mol. The van der Waals surface area contributed by atoms with Crippen molar-refractivity contribution >= 4 is 46.4 Å². The van der Waals surface area contributed by atoms with Crippen molar-refractivity contribution in [3.05, 3.63) is 69.3 Å². The first kappa shape index (κ1) is 52.9. The molecule has 0 spiro atoms. The van der Waals surface area contributed by atoms with Crippen LogP contribution in [-0.4, -0.2) is 68.3 Å². The normalized spacial score (nSPS) is 15.4. The topological polar surface area (TPSA) is 57.4 Å². The number of alkyl halides is 28. The predicted molar refractivity (Wildman–Crippen MR) is 158 cm³/mol. The molecule has 0 saturated carbocycles. The van der Waals surface area contributed by atoms with Crippen LogP contribution in [0.3, 0.4) is 0 Å². The Morgan fingerprint density at radius 1 is 0.277 bits per heavy atom. The minimum Gasteiger partial charge on any atom is -0.355 e. The Morgan fingerprint density at radius 3 is 0.692 bits per heavy atom. The smallest absolute Gasteiger partial charge is 0.355 e. The van der Waals surface area contributed by atoms with Crippen molar-refractivity contribution in [3.8, 4) is 0 Å². The van der Waals surface area contributed by atoms with Gasteiger partial charge in [-0.1, -0.05) is 0 Å². The van der Waals surface area contributed by atoms with E-state index in [1.807, 2.05) is 0 Å². The van der Waals surface area contributed by atoms with Gasteiger partial charge in [0.1, 0.15) is 0 Å². The Morgan fingerprint density at radius 2 is 0.462 bits per heavy atom. The van der Waals surface area contributed by atoms with Crippen molar-refractivity contribution in [1.82, 2.24) is 19.9 Å². The van der Waals surface area contributed by atoms with Gasteiger partial charge < -0.3 is 9.97 Å². The molecule has 0 unspecified atom stereocenters. The summed E-state index contributed by atoms with van der Waals surface area (Å²) in [7, 11) is 0. The first-order valence-electron chi connectivity index (χ1n) is 15.8. The molecule has 3 aromatic rings. The largest absolute Gasteiger partial charge is 2.00 e. The predicted octanol–water partition coefficient (Wildman–Crippen LogP) is 13.8. The van der Waals surface area contributed by atoms with E-state index in [-0.39, 0.29) is 19.5 Å². The molecular formula is C32H10F28N4Zn+2.